The molecule has 2 nitrogen and oxygen atoms in total. The summed E-state index contributed by atoms with van der Waals surface area (Å²) in [5, 5.41) is 8.12. The molecule has 0 saturated carbocycles. The summed E-state index contributed by atoms with van der Waals surface area (Å²) in [5.74, 6) is 0. The fourth-order valence-electron chi connectivity index (χ4n) is 0.844. The van der Waals surface area contributed by atoms with Gasteiger partial charge in [-0.3, -0.25) is 4.21 Å². The van der Waals surface area contributed by atoms with Crippen molar-refractivity contribution >= 4 is 26.7 Å². The molecule has 0 aromatic heterocycles. The number of hydrogen-bond donors (Lipinski definition) is 0. The van der Waals surface area contributed by atoms with Crippen LogP contribution in [0.25, 0.3) is 0 Å². The smallest absolute Gasteiger partial charge is 0.123 e. The van der Waals surface area contributed by atoms with E-state index in [1.807, 2.05) is 12.1 Å². The van der Waals surface area contributed by atoms with Gasteiger partial charge in [0.25, 0.3) is 0 Å². The highest BCUT2D eigenvalue weighted by Gasteiger charge is 2.11. The number of hydrogen-bond acceptors (Lipinski definition) is 2. The zero-order valence-corrected chi connectivity index (χ0v) is 9.43. The van der Waals surface area contributed by atoms with Crippen molar-refractivity contribution in [3.05, 3.63) is 28.7 Å². The highest BCUT2D eigenvalue weighted by Crippen LogP contribution is 2.16. The van der Waals surface area contributed by atoms with Crippen molar-refractivity contribution in [2.24, 2.45) is 0 Å². The molecule has 0 saturated heterocycles. The molecule has 2 unspecified atom stereocenters. The molecule has 1 aromatic rings. The normalized spacial score (nSPS) is 14.5. The predicted octanol–water partition coefficient (Wildman–Crippen LogP) is 2.47. The van der Waals surface area contributed by atoms with Gasteiger partial charge < -0.3 is 0 Å². The molecule has 2 atom stereocenters. The van der Waals surface area contributed by atoms with E-state index in [9.17, 15) is 4.21 Å². The molecule has 1 rings (SSSR count). The van der Waals surface area contributed by atoms with Gasteiger partial charge in [-0.2, -0.15) is 5.26 Å². The molecule has 0 aliphatic carbocycles. The summed E-state index contributed by atoms with van der Waals surface area (Å²) in [6.45, 7) is 1.65. The third kappa shape index (κ3) is 2.64. The number of rotatable bonds is 2. The maximum atomic E-state index is 11.6. The Balaban J connectivity index is 2.97. The third-order valence-electron chi connectivity index (χ3n) is 1.53. The van der Waals surface area contributed by atoms with Gasteiger partial charge in [0, 0.05) is 9.37 Å². The Morgan fingerprint density at radius 3 is 2.85 bits per heavy atom. The fraction of sp³-hybridized carbons (Fsp3) is 0.222. The van der Waals surface area contributed by atoms with Crippen molar-refractivity contribution in [1.29, 1.82) is 5.26 Å². The average molecular weight is 258 g/mol. The van der Waals surface area contributed by atoms with E-state index in [4.69, 9.17) is 5.26 Å². The molecule has 0 bridgehead atoms. The van der Waals surface area contributed by atoms with Gasteiger partial charge in [0.05, 0.1) is 16.9 Å². The second-order valence-electron chi connectivity index (χ2n) is 2.53. The van der Waals surface area contributed by atoms with Crippen molar-refractivity contribution in [3.63, 3.8) is 0 Å². The Morgan fingerprint density at radius 2 is 2.31 bits per heavy atom. The molecule has 0 fully saturated rings. The number of benzene rings is 1. The molecule has 4 heteroatoms. The average Bonchev–Trinajstić information content (AvgIpc) is 2.15. The summed E-state index contributed by atoms with van der Waals surface area (Å²) >= 11 is 3.28. The van der Waals surface area contributed by atoms with Crippen LogP contribution in [0.1, 0.15) is 6.92 Å². The van der Waals surface area contributed by atoms with Gasteiger partial charge in [0.2, 0.25) is 0 Å². The standard InChI is InChI=1S/C9H8BrNOS/c1-7(6-11)13(12)9-4-2-3-8(10)5-9/h2-5,7H,1H3. The van der Waals surface area contributed by atoms with E-state index in [-0.39, 0.29) is 0 Å². The number of halogens is 1. The zero-order chi connectivity index (χ0) is 9.84. The first-order chi connectivity index (χ1) is 6.15. The number of nitrogens with zero attached hydrogens (tertiary/aromatic N) is 1. The Labute approximate surface area is 88.2 Å². The van der Waals surface area contributed by atoms with E-state index in [1.165, 1.54) is 0 Å². The van der Waals surface area contributed by atoms with Crippen LogP contribution in [0.2, 0.25) is 0 Å². The molecule has 68 valence electrons. The van der Waals surface area contributed by atoms with E-state index in [0.29, 0.717) is 4.90 Å². The minimum Gasteiger partial charge on any atom is -0.253 e. The van der Waals surface area contributed by atoms with Crippen molar-refractivity contribution in [3.8, 4) is 6.07 Å². The largest absolute Gasteiger partial charge is 0.253 e. The number of nitriles is 1. The van der Waals surface area contributed by atoms with Crippen LogP contribution < -0.4 is 0 Å². The lowest BCUT2D eigenvalue weighted by atomic mass is 10.4. The van der Waals surface area contributed by atoms with Gasteiger partial charge in [-0.25, -0.2) is 0 Å². The first kappa shape index (κ1) is 10.4. The molecule has 0 amide bonds. The van der Waals surface area contributed by atoms with Crippen molar-refractivity contribution in [2.75, 3.05) is 0 Å². The van der Waals surface area contributed by atoms with E-state index in [1.54, 1.807) is 25.1 Å². The van der Waals surface area contributed by atoms with Gasteiger partial charge in [-0.1, -0.05) is 22.0 Å². The lowest BCUT2D eigenvalue weighted by molar-refractivity contribution is 0.680. The van der Waals surface area contributed by atoms with Crippen LogP contribution in [0.3, 0.4) is 0 Å². The molecular formula is C9H8BrNOS. The Hall–Kier alpha value is -0.660. The molecule has 13 heavy (non-hydrogen) atoms. The van der Waals surface area contributed by atoms with Crippen LogP contribution >= 0.6 is 15.9 Å². The van der Waals surface area contributed by atoms with Crippen LogP contribution in [0.4, 0.5) is 0 Å². The van der Waals surface area contributed by atoms with Gasteiger partial charge in [0.1, 0.15) is 5.25 Å². The van der Waals surface area contributed by atoms with Crippen LogP contribution in [0.5, 0.6) is 0 Å². The molecule has 0 heterocycles. The molecule has 0 radical (unpaired) electrons. The van der Waals surface area contributed by atoms with Crippen molar-refractivity contribution in [1.82, 2.24) is 0 Å². The minimum absolute atomic E-state index is 0.464. The van der Waals surface area contributed by atoms with Gasteiger partial charge >= 0.3 is 0 Å². The summed E-state index contributed by atoms with van der Waals surface area (Å²) in [7, 11) is -1.23. The summed E-state index contributed by atoms with van der Waals surface area (Å²) < 4.78 is 12.5. The maximum absolute atomic E-state index is 11.6. The lowest BCUT2D eigenvalue weighted by Crippen LogP contribution is -2.07. The molecule has 1 aromatic carbocycles. The lowest BCUT2D eigenvalue weighted by Gasteiger charge is -2.02. The second kappa shape index (κ2) is 4.54. The van der Waals surface area contributed by atoms with E-state index >= 15 is 0 Å². The van der Waals surface area contributed by atoms with Crippen LogP contribution in [-0.2, 0) is 10.8 Å². The van der Waals surface area contributed by atoms with Crippen LogP contribution in [0, 0.1) is 11.3 Å². The Kier molecular flexibility index (Phi) is 3.64. The maximum Gasteiger partial charge on any atom is 0.123 e. The second-order valence-corrected chi connectivity index (χ2v) is 5.22. The zero-order valence-electron chi connectivity index (χ0n) is 7.03. The minimum atomic E-state index is -1.23. The summed E-state index contributed by atoms with van der Waals surface area (Å²) in [6, 6.07) is 9.16. The molecule has 0 spiro atoms. The third-order valence-corrected chi connectivity index (χ3v) is 3.49. The highest BCUT2D eigenvalue weighted by molar-refractivity contribution is 9.10. The Morgan fingerprint density at radius 1 is 1.62 bits per heavy atom. The van der Waals surface area contributed by atoms with Gasteiger partial charge in [0.15, 0.2) is 0 Å². The predicted molar refractivity (Wildman–Crippen MR) is 55.6 cm³/mol. The summed E-state index contributed by atoms with van der Waals surface area (Å²) in [6.07, 6.45) is 0. The molecule has 0 aliphatic rings. The van der Waals surface area contributed by atoms with E-state index in [0.717, 1.165) is 4.47 Å². The van der Waals surface area contributed by atoms with Crippen LogP contribution in [0.15, 0.2) is 33.6 Å². The van der Waals surface area contributed by atoms with Crippen molar-refractivity contribution < 1.29 is 4.21 Å². The highest BCUT2D eigenvalue weighted by atomic mass is 79.9. The van der Waals surface area contributed by atoms with Crippen molar-refractivity contribution in [2.45, 2.75) is 17.1 Å². The molecule has 0 aliphatic heterocycles. The topological polar surface area (TPSA) is 40.9 Å². The molecule has 0 N–H and O–H groups in total. The summed E-state index contributed by atoms with van der Waals surface area (Å²) in [4.78, 5) is 0.684. The van der Waals surface area contributed by atoms with Gasteiger partial charge in [-0.15, -0.1) is 0 Å². The van der Waals surface area contributed by atoms with E-state index in [2.05, 4.69) is 15.9 Å². The first-order valence-corrected chi connectivity index (χ1v) is 5.71. The Bertz CT molecular complexity index is 372. The van der Waals surface area contributed by atoms with Gasteiger partial charge in [-0.05, 0) is 25.1 Å². The fourth-order valence-corrected chi connectivity index (χ4v) is 2.35. The monoisotopic (exact) mass is 257 g/mol. The SMILES string of the molecule is CC(C#N)S(=O)c1cccc(Br)c1. The first-order valence-electron chi connectivity index (χ1n) is 3.71. The van der Waals surface area contributed by atoms with Crippen LogP contribution in [-0.4, -0.2) is 9.46 Å². The molecular weight excluding hydrogens is 250 g/mol. The van der Waals surface area contributed by atoms with E-state index < -0.39 is 16.0 Å². The summed E-state index contributed by atoms with van der Waals surface area (Å²) in [5.41, 5.74) is 0. The quantitative estimate of drug-likeness (QED) is 0.817.